The lowest BCUT2D eigenvalue weighted by Crippen LogP contribution is -2.38. The van der Waals surface area contributed by atoms with Gasteiger partial charge in [-0.3, -0.25) is 19.2 Å². The molecule has 28 nitrogen and oxygen atoms in total. The fourth-order valence-corrected chi connectivity index (χ4v) is 18.6. The molecule has 1 saturated heterocycles. The Morgan fingerprint density at radius 2 is 0.802 bits per heavy atom. The van der Waals surface area contributed by atoms with Crippen molar-refractivity contribution in [2.45, 2.75) is 137 Å². The van der Waals surface area contributed by atoms with Crippen molar-refractivity contribution in [1.82, 2.24) is 24.2 Å². The van der Waals surface area contributed by atoms with E-state index in [-0.39, 0.29) is 73.4 Å². The zero-order valence-electron chi connectivity index (χ0n) is 73.0. The summed E-state index contributed by atoms with van der Waals surface area (Å²) in [5.41, 5.74) is 9.04. The first-order valence-corrected chi connectivity index (χ1v) is 45.1. The normalized spacial score (nSPS) is 16.8. The van der Waals surface area contributed by atoms with Crippen LogP contribution in [0.3, 0.4) is 0 Å². The maximum atomic E-state index is 13.3. The molecule has 5 aliphatic heterocycles. The number of pyridine rings is 4. The van der Waals surface area contributed by atoms with Gasteiger partial charge in [0.05, 0.1) is 74.7 Å². The van der Waals surface area contributed by atoms with Gasteiger partial charge in [-0.25, -0.2) is 33.1 Å². The number of carbonyl (C=O) groups excluding carboxylic acids is 4. The number of hydrogen-bond acceptors (Lipinski definition) is 22. The predicted molar refractivity (Wildman–Crippen MR) is 489 cm³/mol. The van der Waals surface area contributed by atoms with Crippen molar-refractivity contribution in [2.75, 3.05) is 75.8 Å². The Bertz CT molecular complexity index is 6490. The summed E-state index contributed by atoms with van der Waals surface area (Å²) in [5, 5.41) is 21.0. The number of aromatic carboxylic acids is 1. The SMILES string of the molecule is CC(C)Oc1cccc(-c2cccc(NC(=O)C3(c4ccc5c(c4)OCO5)CC3)n2)c1.COC[C@H]1CCCN1S(=O)(=O)c1ccc(-c2cccc(NC(=O)C3(c4ccc5c(c4)OCO5)CC3)n2)cc1.COc1ccc(C(C)C)cc1-c1cccc(NC(=O)C2(c3ccc4c(c3)OCO4)CC2)n1.O=C(O)c1ccc(-c2cccc(NC(=O)C3(c4ccc5c(c4)OCO5)CC3)n2)cc1. The van der Waals surface area contributed by atoms with E-state index in [1.165, 1.54) is 22.0 Å². The van der Waals surface area contributed by atoms with E-state index in [2.05, 4.69) is 62.2 Å². The third kappa shape index (κ3) is 18.5. The first-order chi connectivity index (χ1) is 63.5. The zero-order valence-corrected chi connectivity index (χ0v) is 73.8. The van der Waals surface area contributed by atoms with Crippen molar-refractivity contribution in [2.24, 2.45) is 0 Å². The molecule has 5 N–H and O–H groups in total. The second kappa shape index (κ2) is 36.6. The molecule has 0 radical (unpaired) electrons. The molecule has 4 amide bonds. The van der Waals surface area contributed by atoms with Gasteiger partial charge in [0, 0.05) is 42.0 Å². The Balaban J connectivity index is 0.000000118. The zero-order chi connectivity index (χ0) is 90.8. The largest absolute Gasteiger partial charge is 0.496 e. The summed E-state index contributed by atoms with van der Waals surface area (Å²) in [6.07, 6.45) is 7.91. The number of ether oxygens (including phenoxy) is 11. The molecule has 0 spiro atoms. The summed E-state index contributed by atoms with van der Waals surface area (Å²) in [4.78, 5) is 82.6. The number of aromatic nitrogens is 4. The summed E-state index contributed by atoms with van der Waals surface area (Å²) < 4.78 is 88.0. The van der Waals surface area contributed by atoms with Crippen molar-refractivity contribution in [1.29, 1.82) is 0 Å². The molecule has 9 aliphatic rings. The Morgan fingerprint density at radius 1 is 0.427 bits per heavy atom. The van der Waals surface area contributed by atoms with Gasteiger partial charge in [-0.05, 0) is 257 Å². The van der Waals surface area contributed by atoms with E-state index < -0.39 is 37.7 Å². The first kappa shape index (κ1) is 87.3. The van der Waals surface area contributed by atoms with Crippen LogP contribution in [0.15, 0.2) is 241 Å². The molecule has 670 valence electrons. The van der Waals surface area contributed by atoms with Gasteiger partial charge in [-0.15, -0.1) is 0 Å². The van der Waals surface area contributed by atoms with E-state index in [4.69, 9.17) is 62.2 Å². The fraction of sp³-hybridized carbons (Fsp3) is 0.284. The number of nitrogens with one attached hydrogen (secondary N) is 4. The minimum absolute atomic E-state index is 0.0482. The summed E-state index contributed by atoms with van der Waals surface area (Å²) in [6.45, 7) is 10.0. The summed E-state index contributed by atoms with van der Waals surface area (Å²) >= 11 is 0. The molecular weight excluding hydrogens is 1690 g/mol. The quantitative estimate of drug-likeness (QED) is 0.0355. The van der Waals surface area contributed by atoms with E-state index >= 15 is 0 Å². The second-order valence-corrected chi connectivity index (χ2v) is 36.0. The van der Waals surface area contributed by atoms with Crippen LogP contribution in [0.25, 0.3) is 45.0 Å². The van der Waals surface area contributed by atoms with Gasteiger partial charge in [0.2, 0.25) is 60.8 Å². The molecule has 4 aliphatic carbocycles. The van der Waals surface area contributed by atoms with Crippen molar-refractivity contribution >= 4 is 62.9 Å². The Morgan fingerprint density at radius 3 is 1.18 bits per heavy atom. The number of carboxylic acid groups (broad SMARTS) is 1. The topological polar surface area (TPSA) is 344 Å². The highest BCUT2D eigenvalue weighted by Crippen LogP contribution is 2.55. The number of rotatable bonds is 25. The van der Waals surface area contributed by atoms with E-state index in [1.54, 1.807) is 62.8 Å². The molecule has 12 aromatic rings. The fourth-order valence-electron chi connectivity index (χ4n) is 16.9. The molecule has 131 heavy (non-hydrogen) atoms. The van der Waals surface area contributed by atoms with Gasteiger partial charge < -0.3 is 78.5 Å². The number of amides is 4. The van der Waals surface area contributed by atoms with E-state index in [0.717, 1.165) is 143 Å². The van der Waals surface area contributed by atoms with Crippen LogP contribution in [-0.2, 0) is 55.6 Å². The van der Waals surface area contributed by atoms with E-state index in [9.17, 15) is 32.4 Å². The van der Waals surface area contributed by atoms with Gasteiger partial charge in [0.1, 0.15) is 34.8 Å². The standard InChI is InChI=1S/C28H29N3O6S.C26H26N2O4.C25H24N2O4.C23H18N2O5/c1-35-17-21-4-3-15-31(21)38(33,34)22-10-7-19(8-11-22)23-5-2-6-26(29-23)30-27(32)28(13-14-28)20-9-12-24-25(16-20)37-18-36-24;1-16(2)17-7-9-21(30-3)19(13-17)20-5-4-6-24(27-20)28-25(29)26(11-12-26)18-8-10-22-23(14-18)32-15-31-22;1-16(2)31-19-6-3-5-17(13-19)20-7-4-8-23(26-20)27-24(28)25(11-12-25)18-9-10-21-22(14-18)30-15-29-21;26-21(27)15-6-4-14(5-7-15)17-2-1-3-20(24-17)25-22(28)23(10-11-23)16-8-9-18-19(12-16)30-13-29-18/h2,5-12,16,21H,3-4,13-15,17-18H2,1H3,(H,29,30,32);4-10,13-14,16H,11-12,15H2,1-3H3,(H,27,28,29);3-10,13-14,16H,11-12,15H2,1-2H3,(H,26,27,28);1-9,12H,10-11,13H2,(H,26,27)(H,24,25,28)/t21-;;;/m1.../s1. The summed E-state index contributed by atoms with van der Waals surface area (Å²) in [7, 11) is -0.373. The van der Waals surface area contributed by atoms with Crippen LogP contribution < -0.4 is 68.6 Å². The van der Waals surface area contributed by atoms with Crippen LogP contribution in [0.4, 0.5) is 23.3 Å². The number of carboxylic acids is 1. The smallest absolute Gasteiger partial charge is 0.335 e. The molecular formula is C102H97N9O19S. The highest BCUT2D eigenvalue weighted by Gasteiger charge is 2.55. The average Bonchev–Trinajstić information content (AvgIpc) is 1.61. The number of benzene rings is 8. The molecule has 4 aromatic heterocycles. The van der Waals surface area contributed by atoms with Crippen LogP contribution in [0, 0.1) is 0 Å². The molecule has 21 rings (SSSR count). The number of nitrogens with zero attached hydrogens (tertiary/aromatic N) is 5. The van der Waals surface area contributed by atoms with Crippen LogP contribution in [0.2, 0.25) is 0 Å². The molecule has 5 fully saturated rings. The number of sulfonamides is 1. The number of methoxy groups -OCH3 is 2. The van der Waals surface area contributed by atoms with Crippen LogP contribution >= 0.6 is 0 Å². The molecule has 8 aromatic carbocycles. The highest BCUT2D eigenvalue weighted by molar-refractivity contribution is 7.89. The van der Waals surface area contributed by atoms with Crippen molar-refractivity contribution in [3.05, 3.63) is 270 Å². The van der Waals surface area contributed by atoms with E-state index in [1.807, 2.05) is 178 Å². The number of anilines is 4. The molecule has 29 heteroatoms. The van der Waals surface area contributed by atoms with Crippen molar-refractivity contribution in [3.63, 3.8) is 0 Å². The first-order valence-electron chi connectivity index (χ1n) is 43.6. The minimum Gasteiger partial charge on any atom is -0.496 e. The highest BCUT2D eigenvalue weighted by atomic mass is 32.2. The average molecular weight is 1790 g/mol. The summed E-state index contributed by atoms with van der Waals surface area (Å²) in [5.74, 6) is 8.12. The lowest BCUT2D eigenvalue weighted by molar-refractivity contribution is -0.119. The lowest BCUT2D eigenvalue weighted by Gasteiger charge is -2.23. The van der Waals surface area contributed by atoms with Crippen LogP contribution in [0.5, 0.6) is 57.5 Å². The number of fused-ring (bicyclic) bond motifs is 4. The van der Waals surface area contributed by atoms with Crippen molar-refractivity contribution in [3.8, 4) is 103 Å². The van der Waals surface area contributed by atoms with E-state index in [0.29, 0.717) is 88.2 Å². The minimum atomic E-state index is -3.61. The molecule has 4 saturated carbocycles. The third-order valence-corrected chi connectivity index (χ3v) is 26.9. The maximum Gasteiger partial charge on any atom is 0.335 e. The van der Waals surface area contributed by atoms with Gasteiger partial charge >= 0.3 is 5.97 Å². The monoisotopic (exact) mass is 1780 g/mol. The van der Waals surface area contributed by atoms with Crippen LogP contribution in [0.1, 0.15) is 136 Å². The number of carbonyl (C=O) groups is 5. The second-order valence-electron chi connectivity index (χ2n) is 34.1. The molecule has 1 atom stereocenters. The van der Waals surface area contributed by atoms with Gasteiger partial charge in [0.15, 0.2) is 46.0 Å². The Labute approximate surface area is 757 Å². The van der Waals surface area contributed by atoms with Gasteiger partial charge in [-0.2, -0.15) is 4.31 Å². The van der Waals surface area contributed by atoms with Gasteiger partial charge in [0.25, 0.3) is 0 Å². The maximum absolute atomic E-state index is 13.3. The van der Waals surface area contributed by atoms with Crippen LogP contribution in [-0.4, -0.2) is 134 Å². The van der Waals surface area contributed by atoms with Gasteiger partial charge in [-0.1, -0.05) is 105 Å². The Kier molecular flexibility index (Phi) is 24.4. The molecule has 9 heterocycles. The molecule has 0 unspecified atom stereocenters. The predicted octanol–water partition coefficient (Wildman–Crippen LogP) is 18.0. The lowest BCUT2D eigenvalue weighted by atomic mass is 9.94. The number of hydrogen-bond donors (Lipinski definition) is 5. The Hall–Kier alpha value is -14.4. The molecule has 0 bridgehead atoms. The summed E-state index contributed by atoms with van der Waals surface area (Å²) in [6, 6.07) is 71.8. The van der Waals surface area contributed by atoms with Crippen molar-refractivity contribution < 1.29 is 89.6 Å². The third-order valence-electron chi connectivity index (χ3n) is 24.9.